The Bertz CT molecular complexity index is 967. The summed E-state index contributed by atoms with van der Waals surface area (Å²) < 4.78 is 1.99. The van der Waals surface area contributed by atoms with E-state index in [4.69, 9.17) is 0 Å². The molecule has 30 heavy (non-hydrogen) atoms. The van der Waals surface area contributed by atoms with E-state index < -0.39 is 0 Å². The van der Waals surface area contributed by atoms with Crippen LogP contribution in [0.15, 0.2) is 72.4 Å². The number of anilines is 1. The number of carbonyl (C=O) groups is 1. The molecule has 0 radical (unpaired) electrons. The van der Waals surface area contributed by atoms with E-state index in [0.717, 1.165) is 23.5 Å². The van der Waals surface area contributed by atoms with Gasteiger partial charge in [-0.1, -0.05) is 48.2 Å². The van der Waals surface area contributed by atoms with E-state index >= 15 is 0 Å². The Morgan fingerprint density at radius 2 is 1.87 bits per heavy atom. The van der Waals surface area contributed by atoms with Gasteiger partial charge in [-0.15, -0.1) is 16.8 Å². The van der Waals surface area contributed by atoms with Crippen molar-refractivity contribution >= 4 is 23.4 Å². The first kappa shape index (κ1) is 21.6. The fourth-order valence-electron chi connectivity index (χ4n) is 2.98. The predicted molar refractivity (Wildman–Crippen MR) is 124 cm³/mol. The summed E-state index contributed by atoms with van der Waals surface area (Å²) in [5.74, 6) is 1.05. The molecule has 7 heteroatoms. The van der Waals surface area contributed by atoms with Crippen LogP contribution in [0.25, 0.3) is 11.4 Å². The van der Waals surface area contributed by atoms with Crippen LogP contribution in [0.2, 0.25) is 0 Å². The number of nitrogens with one attached hydrogen (secondary N) is 1. The number of benzene rings is 2. The maximum Gasteiger partial charge on any atom is 0.230 e. The van der Waals surface area contributed by atoms with Crippen molar-refractivity contribution < 1.29 is 4.79 Å². The van der Waals surface area contributed by atoms with Gasteiger partial charge in [-0.3, -0.25) is 9.36 Å². The summed E-state index contributed by atoms with van der Waals surface area (Å²) in [5, 5.41) is 12.3. The van der Waals surface area contributed by atoms with Crippen LogP contribution in [0.5, 0.6) is 0 Å². The minimum atomic E-state index is -0.0130. The molecule has 0 spiro atoms. The number of thioether (sulfide) groups is 1. The first-order chi connectivity index (χ1) is 14.6. The summed E-state index contributed by atoms with van der Waals surface area (Å²) in [6, 6.07) is 18.3. The lowest BCUT2D eigenvalue weighted by Crippen LogP contribution is -2.27. The minimum Gasteiger partial charge on any atom is -0.378 e. The molecule has 0 atom stereocenters. The molecule has 2 aromatic carbocycles. The maximum absolute atomic E-state index is 12.2. The SMILES string of the molecule is C=CCn1c(SCC(=O)NCCc2ccccc2)nnc1-c1ccc(N(C)C)cc1. The number of carbonyl (C=O) groups excluding carboxylic acids is 1. The van der Waals surface area contributed by atoms with E-state index in [2.05, 4.69) is 51.3 Å². The summed E-state index contributed by atoms with van der Waals surface area (Å²) in [7, 11) is 4.02. The summed E-state index contributed by atoms with van der Waals surface area (Å²) in [6.45, 7) is 5.04. The third kappa shape index (κ3) is 5.73. The van der Waals surface area contributed by atoms with Crippen LogP contribution in [-0.2, 0) is 17.8 Å². The van der Waals surface area contributed by atoms with Gasteiger partial charge >= 0.3 is 0 Å². The Hall–Kier alpha value is -3.06. The zero-order chi connectivity index (χ0) is 21.3. The molecule has 0 fully saturated rings. The van der Waals surface area contributed by atoms with Crippen LogP contribution in [0.1, 0.15) is 5.56 Å². The molecule has 6 nitrogen and oxygen atoms in total. The average molecular weight is 422 g/mol. The Morgan fingerprint density at radius 1 is 1.13 bits per heavy atom. The highest BCUT2D eigenvalue weighted by Crippen LogP contribution is 2.25. The zero-order valence-electron chi connectivity index (χ0n) is 17.4. The Labute approximate surface area is 182 Å². The molecular weight excluding hydrogens is 394 g/mol. The van der Waals surface area contributed by atoms with Crippen molar-refractivity contribution in [2.24, 2.45) is 0 Å². The van der Waals surface area contributed by atoms with Gasteiger partial charge in [-0.2, -0.15) is 0 Å². The van der Waals surface area contributed by atoms with Crippen molar-refractivity contribution in [3.05, 3.63) is 72.8 Å². The molecule has 156 valence electrons. The third-order valence-corrected chi connectivity index (χ3v) is 5.55. The Morgan fingerprint density at radius 3 is 2.53 bits per heavy atom. The highest BCUT2D eigenvalue weighted by Gasteiger charge is 2.15. The molecule has 1 amide bonds. The second kappa shape index (κ2) is 10.6. The van der Waals surface area contributed by atoms with Crippen molar-refractivity contribution in [2.45, 2.75) is 18.1 Å². The van der Waals surface area contributed by atoms with Gasteiger partial charge in [0.15, 0.2) is 11.0 Å². The Balaban J connectivity index is 1.60. The van der Waals surface area contributed by atoms with Crippen molar-refractivity contribution in [3.8, 4) is 11.4 Å². The summed E-state index contributed by atoms with van der Waals surface area (Å²) in [5.41, 5.74) is 3.31. The Kier molecular flexibility index (Phi) is 7.68. The van der Waals surface area contributed by atoms with Gasteiger partial charge in [0.1, 0.15) is 0 Å². The van der Waals surface area contributed by atoms with Gasteiger partial charge in [0, 0.05) is 38.4 Å². The van der Waals surface area contributed by atoms with Crippen LogP contribution >= 0.6 is 11.8 Å². The summed E-state index contributed by atoms with van der Waals surface area (Å²) >= 11 is 1.39. The maximum atomic E-state index is 12.2. The van der Waals surface area contributed by atoms with Gasteiger partial charge in [0.25, 0.3) is 0 Å². The van der Waals surface area contributed by atoms with Crippen LogP contribution in [0, 0.1) is 0 Å². The predicted octanol–water partition coefficient (Wildman–Crippen LogP) is 3.65. The van der Waals surface area contributed by atoms with Crippen LogP contribution in [-0.4, -0.2) is 47.1 Å². The molecule has 0 unspecified atom stereocenters. The van der Waals surface area contributed by atoms with Crippen LogP contribution in [0.4, 0.5) is 5.69 Å². The van der Waals surface area contributed by atoms with Gasteiger partial charge in [0.2, 0.25) is 5.91 Å². The molecule has 1 aromatic heterocycles. The molecule has 0 aliphatic carbocycles. The monoisotopic (exact) mass is 421 g/mol. The van der Waals surface area contributed by atoms with Crippen molar-refractivity contribution in [2.75, 3.05) is 31.3 Å². The van der Waals surface area contributed by atoms with Crippen LogP contribution in [0.3, 0.4) is 0 Å². The quantitative estimate of drug-likeness (QED) is 0.400. The second-order valence-electron chi connectivity index (χ2n) is 7.02. The molecule has 0 bridgehead atoms. The topological polar surface area (TPSA) is 63.1 Å². The van der Waals surface area contributed by atoms with Gasteiger partial charge in [-0.25, -0.2) is 0 Å². The van der Waals surface area contributed by atoms with Gasteiger partial charge in [0.05, 0.1) is 5.75 Å². The van der Waals surface area contributed by atoms with Gasteiger partial charge < -0.3 is 10.2 Å². The number of allylic oxidation sites excluding steroid dienone is 1. The van der Waals surface area contributed by atoms with Crippen molar-refractivity contribution in [1.29, 1.82) is 0 Å². The average Bonchev–Trinajstić information content (AvgIpc) is 3.16. The highest BCUT2D eigenvalue weighted by atomic mass is 32.2. The molecule has 0 aliphatic rings. The molecule has 3 rings (SSSR count). The molecule has 3 aromatic rings. The normalized spacial score (nSPS) is 10.6. The van der Waals surface area contributed by atoms with E-state index in [0.29, 0.717) is 24.0 Å². The van der Waals surface area contributed by atoms with Crippen LogP contribution < -0.4 is 10.2 Å². The second-order valence-corrected chi connectivity index (χ2v) is 7.96. The molecule has 0 aliphatic heterocycles. The number of nitrogens with zero attached hydrogens (tertiary/aromatic N) is 4. The lowest BCUT2D eigenvalue weighted by molar-refractivity contribution is -0.118. The third-order valence-electron chi connectivity index (χ3n) is 4.58. The van der Waals surface area contributed by atoms with E-state index in [-0.39, 0.29) is 5.91 Å². The number of amides is 1. The zero-order valence-corrected chi connectivity index (χ0v) is 18.2. The largest absolute Gasteiger partial charge is 0.378 e. The minimum absolute atomic E-state index is 0.0130. The summed E-state index contributed by atoms with van der Waals surface area (Å²) in [4.78, 5) is 14.3. The molecule has 1 heterocycles. The lowest BCUT2D eigenvalue weighted by Gasteiger charge is -2.13. The van der Waals surface area contributed by atoms with E-state index in [1.54, 1.807) is 0 Å². The van der Waals surface area contributed by atoms with Crippen molar-refractivity contribution in [1.82, 2.24) is 20.1 Å². The standard InChI is InChI=1S/C23H27N5OS/c1-4-16-28-22(19-10-12-20(13-11-19)27(2)3)25-26-23(28)30-17-21(29)24-15-14-18-8-6-5-7-9-18/h4-13H,1,14-17H2,2-3H3,(H,24,29). The lowest BCUT2D eigenvalue weighted by atomic mass is 10.1. The molecular formula is C23H27N5OS. The molecule has 0 saturated carbocycles. The first-order valence-corrected chi connectivity index (χ1v) is 10.8. The van der Waals surface area contributed by atoms with Crippen molar-refractivity contribution in [3.63, 3.8) is 0 Å². The highest BCUT2D eigenvalue weighted by molar-refractivity contribution is 7.99. The number of hydrogen-bond acceptors (Lipinski definition) is 5. The fourth-order valence-corrected chi connectivity index (χ4v) is 3.76. The van der Waals surface area contributed by atoms with E-state index in [9.17, 15) is 4.79 Å². The molecule has 0 saturated heterocycles. The number of aromatic nitrogens is 3. The first-order valence-electron chi connectivity index (χ1n) is 9.83. The number of hydrogen-bond donors (Lipinski definition) is 1. The number of rotatable bonds is 10. The fraction of sp³-hybridized carbons (Fsp3) is 0.261. The smallest absolute Gasteiger partial charge is 0.230 e. The van der Waals surface area contributed by atoms with E-state index in [1.807, 2.05) is 55.1 Å². The summed E-state index contributed by atoms with van der Waals surface area (Å²) in [6.07, 6.45) is 2.63. The molecule has 1 N–H and O–H groups in total. The van der Waals surface area contributed by atoms with Gasteiger partial charge in [-0.05, 0) is 36.2 Å². The van der Waals surface area contributed by atoms with E-state index in [1.165, 1.54) is 17.3 Å².